The molecule has 26 heavy (non-hydrogen) atoms. The van der Waals surface area contributed by atoms with E-state index in [0.29, 0.717) is 6.29 Å². The van der Waals surface area contributed by atoms with E-state index in [0.717, 1.165) is 13.1 Å². The first kappa shape index (κ1) is 20.4. The molecule has 2 aromatic rings. The molecule has 0 fully saturated rings. The Morgan fingerprint density at radius 1 is 1.27 bits per heavy atom. The number of hydrogen-bond acceptors (Lipinski definition) is 6. The van der Waals surface area contributed by atoms with Crippen LogP contribution < -0.4 is 4.31 Å². The first-order valence-electron chi connectivity index (χ1n) is 6.81. The zero-order valence-electron chi connectivity index (χ0n) is 13.0. The Morgan fingerprint density at radius 2 is 1.92 bits per heavy atom. The lowest BCUT2D eigenvalue weighted by Gasteiger charge is -2.24. The van der Waals surface area contributed by atoms with Gasteiger partial charge in [-0.25, -0.2) is 18.4 Å². The molecular formula is C14H11Cl2F2N3O4S. The topological polar surface area (TPSA) is 100 Å². The van der Waals surface area contributed by atoms with E-state index < -0.39 is 21.9 Å². The number of para-hydroxylation sites is 1. The summed E-state index contributed by atoms with van der Waals surface area (Å²) in [5.74, 6) is -4.02. The van der Waals surface area contributed by atoms with Gasteiger partial charge >= 0.3 is 5.76 Å². The summed E-state index contributed by atoms with van der Waals surface area (Å²) in [4.78, 5) is 18.4. The van der Waals surface area contributed by atoms with Crippen LogP contribution in [0, 0.1) is 0 Å². The Hall–Kier alpha value is -1.88. The Morgan fingerprint density at radius 3 is 2.50 bits per heavy atom. The molecule has 0 aliphatic carbocycles. The van der Waals surface area contributed by atoms with Gasteiger partial charge in [-0.1, -0.05) is 35.3 Å². The van der Waals surface area contributed by atoms with Crippen LogP contribution in [0.5, 0.6) is 0 Å². The number of benzene rings is 1. The first-order valence-corrected chi connectivity index (χ1v) is 9.07. The number of rotatable bonds is 6. The molecule has 0 saturated heterocycles. The van der Waals surface area contributed by atoms with Gasteiger partial charge < -0.3 is 5.11 Å². The second kappa shape index (κ2) is 7.78. The third-order valence-electron chi connectivity index (χ3n) is 3.33. The number of aromatic nitrogens is 2. The third-order valence-corrected chi connectivity index (χ3v) is 5.23. The van der Waals surface area contributed by atoms with E-state index >= 15 is 0 Å². The lowest BCUT2D eigenvalue weighted by molar-refractivity contribution is 0.111. The number of alkyl halides is 2. The minimum absolute atomic E-state index is 0.129. The zero-order chi connectivity index (χ0) is 19.6. The van der Waals surface area contributed by atoms with Gasteiger partial charge in [0.15, 0.2) is 12.1 Å². The summed E-state index contributed by atoms with van der Waals surface area (Å²) in [5, 5.41) is 10.2. The Labute approximate surface area is 157 Å². The fourth-order valence-electron chi connectivity index (χ4n) is 2.11. The quantitative estimate of drug-likeness (QED) is 0.563. The van der Waals surface area contributed by atoms with Crippen LogP contribution in [0.15, 0.2) is 24.3 Å². The van der Waals surface area contributed by atoms with Gasteiger partial charge in [0.1, 0.15) is 17.0 Å². The molecule has 0 bridgehead atoms. The second-order valence-corrected chi connectivity index (χ2v) is 7.67. The molecule has 12 heteroatoms. The highest BCUT2D eigenvalue weighted by atomic mass is 35.5. The van der Waals surface area contributed by atoms with Crippen LogP contribution in [-0.4, -0.2) is 42.6 Å². The lowest BCUT2D eigenvalue weighted by atomic mass is 10.1. The summed E-state index contributed by atoms with van der Waals surface area (Å²) in [6.07, 6.45) is -1.31. The molecule has 1 aromatic carbocycles. The maximum atomic E-state index is 12.9. The van der Waals surface area contributed by atoms with Crippen molar-refractivity contribution in [1.82, 2.24) is 9.97 Å². The normalized spacial score (nSPS) is 12.9. The number of anilines is 1. The van der Waals surface area contributed by atoms with E-state index in [9.17, 15) is 27.1 Å². The smallest absolute Gasteiger partial charge is 0.355 e. The zero-order valence-corrected chi connectivity index (χ0v) is 15.3. The third kappa shape index (κ3) is 3.93. The van der Waals surface area contributed by atoms with Gasteiger partial charge in [-0.05, 0) is 6.07 Å². The van der Waals surface area contributed by atoms with Gasteiger partial charge in [0.25, 0.3) is 10.0 Å². The van der Waals surface area contributed by atoms with Gasteiger partial charge in [-0.2, -0.15) is 8.78 Å². The van der Waals surface area contributed by atoms with Crippen molar-refractivity contribution in [3.8, 4) is 0 Å². The predicted molar refractivity (Wildman–Crippen MR) is 91.3 cm³/mol. The molecule has 0 amide bonds. The van der Waals surface area contributed by atoms with E-state index in [1.54, 1.807) is 0 Å². The number of carbonyl (C=O) groups excluding carboxylic acids is 1. The highest BCUT2D eigenvalue weighted by molar-refractivity contribution is 7.93. The molecule has 1 atom stereocenters. The molecule has 1 heterocycles. The largest absolute Gasteiger partial charge is 0.380 e. The van der Waals surface area contributed by atoms with Gasteiger partial charge in [0.05, 0.1) is 10.7 Å². The van der Waals surface area contributed by atoms with Crippen molar-refractivity contribution in [2.75, 3.05) is 11.4 Å². The maximum Gasteiger partial charge on any atom is 0.355 e. The number of carbonyl (C=O) groups is 1. The molecule has 2 rings (SSSR count). The number of sulfonamides is 1. The van der Waals surface area contributed by atoms with E-state index in [1.165, 1.54) is 18.2 Å². The SMILES string of the molecule is CN(c1c(Cl)cccc1C(O)c1nc(Cl)cc(C=O)n1)S(=O)(=O)C(F)F. The fourth-order valence-corrected chi connectivity index (χ4v) is 3.36. The molecule has 1 N–H and O–H groups in total. The summed E-state index contributed by atoms with van der Waals surface area (Å²) >= 11 is 11.7. The van der Waals surface area contributed by atoms with Crippen LogP contribution in [0.2, 0.25) is 10.2 Å². The second-order valence-electron chi connectivity index (χ2n) is 4.94. The van der Waals surface area contributed by atoms with Gasteiger partial charge in [-0.15, -0.1) is 0 Å². The molecule has 7 nitrogen and oxygen atoms in total. The number of nitrogens with zero attached hydrogens (tertiary/aromatic N) is 3. The monoisotopic (exact) mass is 425 g/mol. The Kier molecular flexibility index (Phi) is 6.12. The molecule has 1 aromatic heterocycles. The summed E-state index contributed by atoms with van der Waals surface area (Å²) in [7, 11) is -4.16. The minimum Gasteiger partial charge on any atom is -0.380 e. The Bertz CT molecular complexity index is 944. The minimum atomic E-state index is -5.03. The summed E-state index contributed by atoms with van der Waals surface area (Å²) < 4.78 is 49.6. The molecule has 0 radical (unpaired) electrons. The van der Waals surface area contributed by atoms with Crippen molar-refractivity contribution in [3.05, 3.63) is 51.5 Å². The highest BCUT2D eigenvalue weighted by Crippen LogP contribution is 2.37. The van der Waals surface area contributed by atoms with Gasteiger partial charge in [-0.3, -0.25) is 9.10 Å². The summed E-state index contributed by atoms with van der Waals surface area (Å²) in [6, 6.07) is 5.05. The van der Waals surface area contributed by atoms with Crippen LogP contribution in [0.25, 0.3) is 0 Å². The van der Waals surface area contributed by atoms with E-state index in [1.807, 2.05) is 0 Å². The van der Waals surface area contributed by atoms with Gasteiger partial charge in [0.2, 0.25) is 0 Å². The number of aliphatic hydroxyl groups excluding tert-OH is 1. The van der Waals surface area contributed by atoms with Crippen LogP contribution in [0.4, 0.5) is 14.5 Å². The first-order chi connectivity index (χ1) is 12.1. The average Bonchev–Trinajstić information content (AvgIpc) is 2.59. The van der Waals surface area contributed by atoms with Crippen LogP contribution >= 0.6 is 23.2 Å². The van der Waals surface area contributed by atoms with Crippen molar-refractivity contribution in [2.45, 2.75) is 11.9 Å². The standard InChI is InChI=1S/C14H11Cl2F2N3O4S/c1-21(26(24,25)14(17)18)11-8(3-2-4-9(11)15)12(23)13-19-7(6-22)5-10(16)20-13/h2-6,12,14,23H,1H3. The van der Waals surface area contributed by atoms with E-state index in [4.69, 9.17) is 23.2 Å². The summed E-state index contributed by atoms with van der Waals surface area (Å²) in [6.45, 7) is 0. The number of aldehydes is 1. The number of halogens is 4. The number of hydrogen-bond donors (Lipinski definition) is 1. The lowest BCUT2D eigenvalue weighted by Crippen LogP contribution is -2.33. The summed E-state index contributed by atoms with van der Waals surface area (Å²) in [5.41, 5.74) is -0.669. The average molecular weight is 426 g/mol. The van der Waals surface area contributed by atoms with Crippen molar-refractivity contribution in [2.24, 2.45) is 0 Å². The maximum absolute atomic E-state index is 12.9. The van der Waals surface area contributed by atoms with Crippen molar-refractivity contribution in [3.63, 3.8) is 0 Å². The van der Waals surface area contributed by atoms with E-state index in [-0.39, 0.29) is 37.3 Å². The molecular weight excluding hydrogens is 415 g/mol. The van der Waals surface area contributed by atoms with Crippen LogP contribution in [-0.2, 0) is 10.0 Å². The van der Waals surface area contributed by atoms with Gasteiger partial charge in [0, 0.05) is 18.7 Å². The molecule has 0 aliphatic rings. The molecule has 1 unspecified atom stereocenters. The molecule has 0 saturated carbocycles. The van der Waals surface area contributed by atoms with Crippen LogP contribution in [0.3, 0.4) is 0 Å². The van der Waals surface area contributed by atoms with Crippen molar-refractivity contribution < 1.29 is 27.1 Å². The van der Waals surface area contributed by atoms with Crippen molar-refractivity contribution >= 4 is 45.2 Å². The fraction of sp³-hybridized carbons (Fsp3) is 0.214. The molecule has 140 valence electrons. The van der Waals surface area contributed by atoms with E-state index in [2.05, 4.69) is 9.97 Å². The molecule has 0 aliphatic heterocycles. The highest BCUT2D eigenvalue weighted by Gasteiger charge is 2.33. The van der Waals surface area contributed by atoms with Crippen LogP contribution in [0.1, 0.15) is 28.0 Å². The van der Waals surface area contributed by atoms with Crippen molar-refractivity contribution in [1.29, 1.82) is 0 Å². The number of aliphatic hydroxyl groups is 1. The predicted octanol–water partition coefficient (Wildman–Crippen LogP) is 2.67. The Balaban J connectivity index is 2.63. The molecule has 0 spiro atoms.